The second-order valence-electron chi connectivity index (χ2n) is 18.8. The molecule has 4 amide bonds. The number of halogens is 6. The lowest BCUT2D eigenvalue weighted by Gasteiger charge is -2.33. The van der Waals surface area contributed by atoms with Crippen LogP contribution in [0.15, 0.2) is 92.6 Å². The third-order valence-corrected chi connectivity index (χ3v) is 16.6. The number of primary amides is 2. The number of aliphatic imine (C=N–C) groups is 2. The van der Waals surface area contributed by atoms with E-state index < -0.39 is 32.1 Å². The Balaban J connectivity index is 0.00000722. The largest absolute Gasteiger partial charge is 0.378 e. The fourth-order valence-corrected chi connectivity index (χ4v) is 12.2. The molecule has 0 aromatic heterocycles. The number of fused-ring (bicyclic) bond motifs is 2. The minimum atomic E-state index is -3.83. The minimum Gasteiger partial charge on any atom is -0.378 e. The van der Waals surface area contributed by atoms with Gasteiger partial charge in [0.25, 0.3) is 0 Å². The Bertz CT molecular complexity index is 2830. The van der Waals surface area contributed by atoms with Crippen LogP contribution in [0.25, 0.3) is 0 Å². The number of benzene rings is 4. The van der Waals surface area contributed by atoms with Crippen LogP contribution in [-0.2, 0) is 52.1 Å². The van der Waals surface area contributed by atoms with Gasteiger partial charge in [-0.25, -0.2) is 35.9 Å². The van der Waals surface area contributed by atoms with Crippen molar-refractivity contribution >= 4 is 115 Å². The van der Waals surface area contributed by atoms with E-state index in [1.54, 1.807) is 48.5 Å². The Hall–Kier alpha value is -4.32. The van der Waals surface area contributed by atoms with Crippen molar-refractivity contribution in [2.75, 3.05) is 119 Å². The first-order chi connectivity index (χ1) is 38.3. The van der Waals surface area contributed by atoms with Crippen molar-refractivity contribution in [2.45, 2.75) is 47.6 Å². The van der Waals surface area contributed by atoms with Crippen LogP contribution < -0.4 is 42.2 Å². The van der Waals surface area contributed by atoms with Gasteiger partial charge < -0.3 is 50.8 Å². The predicted molar refractivity (Wildman–Crippen MR) is 326 cm³/mol. The number of rotatable bonds is 29. The molecule has 0 radical (unpaired) electrons. The fraction of sp³-hybridized carbons (Fsp3) is 0.462. The molecule has 22 nitrogen and oxygen atoms in total. The van der Waals surface area contributed by atoms with Gasteiger partial charge in [0, 0.05) is 97.4 Å². The number of hydrogen-bond donors (Lipinski definition) is 8. The Morgan fingerprint density at radius 3 is 1.29 bits per heavy atom. The maximum Gasteiger partial charge on any atom is 0.318 e. The lowest BCUT2D eigenvalue weighted by atomic mass is 9.85. The lowest BCUT2D eigenvalue weighted by molar-refractivity contribution is 0.0520. The van der Waals surface area contributed by atoms with Gasteiger partial charge in [0.2, 0.25) is 20.0 Å². The Morgan fingerprint density at radius 1 is 0.561 bits per heavy atom. The van der Waals surface area contributed by atoms with Gasteiger partial charge in [-0.2, -0.15) is 0 Å². The molecule has 30 heteroatoms. The highest BCUT2D eigenvalue weighted by Crippen LogP contribution is 2.40. The number of nitrogens with zero attached hydrogens (tertiary/aromatic N) is 4. The maximum absolute atomic E-state index is 13.2. The van der Waals surface area contributed by atoms with Crippen LogP contribution in [0.2, 0.25) is 20.1 Å². The number of hydrogen-bond acceptors (Lipinski definition) is 14. The van der Waals surface area contributed by atoms with Crippen molar-refractivity contribution in [3.63, 3.8) is 0 Å². The quantitative estimate of drug-likeness (QED) is 0.0186. The highest BCUT2D eigenvalue weighted by Gasteiger charge is 2.30. The number of urea groups is 2. The summed E-state index contributed by atoms with van der Waals surface area (Å²) in [6, 6.07) is 19.4. The molecule has 4 aromatic carbocycles. The summed E-state index contributed by atoms with van der Waals surface area (Å²) >= 11 is 25.7. The van der Waals surface area contributed by atoms with Gasteiger partial charge in [0.15, 0.2) is 11.9 Å². The minimum absolute atomic E-state index is 0. The number of nitrogens with two attached hydrogens (primary N) is 2. The van der Waals surface area contributed by atoms with E-state index in [1.165, 1.54) is 0 Å². The monoisotopic (exact) mass is 1300 g/mol. The van der Waals surface area contributed by atoms with Crippen molar-refractivity contribution < 1.29 is 45.4 Å². The number of carbonyl (C=O) groups excluding carboxylic acids is 2. The normalized spacial score (nSPS) is 15.8. The van der Waals surface area contributed by atoms with Crippen LogP contribution in [0.4, 0.5) is 9.59 Å². The van der Waals surface area contributed by atoms with Gasteiger partial charge in [-0.1, -0.05) is 70.7 Å². The van der Waals surface area contributed by atoms with E-state index in [2.05, 4.69) is 50.5 Å². The van der Waals surface area contributed by atoms with E-state index in [9.17, 15) is 26.4 Å². The topological polar surface area (TPSA) is 295 Å². The molecule has 2 atom stereocenters. The molecule has 0 saturated carbocycles. The molecule has 0 aliphatic carbocycles. The SMILES string of the molecule is CN1Cc2c(Cl)cc(Cl)cc2[C@H](c2cccc(S(=O)(=O)NCCOCCOCCNC(=NCCCCN=C(NCCOCCOCCNS(=O)(=O)c3cccc([C@@H]4CN(C)Cc5c(Cl)cc(Cl)cc54)c3)NC(N)=O)NC(N)=O)c2)C1.Cl.Cl. The van der Waals surface area contributed by atoms with E-state index in [1.807, 2.05) is 38.4 Å². The summed E-state index contributed by atoms with van der Waals surface area (Å²) in [6.07, 6.45) is 1.15. The van der Waals surface area contributed by atoms with Crippen molar-refractivity contribution in [3.05, 3.63) is 126 Å². The molecule has 0 unspecified atom stereocenters. The maximum atomic E-state index is 13.2. The first kappa shape index (κ1) is 70.2. The average Bonchev–Trinajstić information content (AvgIpc) is 3.49. The zero-order valence-corrected chi connectivity index (χ0v) is 51.7. The van der Waals surface area contributed by atoms with Crippen LogP contribution in [0, 0.1) is 0 Å². The summed E-state index contributed by atoms with van der Waals surface area (Å²) in [7, 11) is -3.66. The molecule has 0 spiro atoms. The molecule has 454 valence electrons. The highest BCUT2D eigenvalue weighted by atomic mass is 35.5. The summed E-state index contributed by atoms with van der Waals surface area (Å²) in [5.41, 5.74) is 16.3. The zero-order valence-electron chi connectivity index (χ0n) is 45.4. The summed E-state index contributed by atoms with van der Waals surface area (Å²) < 4.78 is 80.4. The fourth-order valence-electron chi connectivity index (χ4n) is 8.97. The van der Waals surface area contributed by atoms with Crippen LogP contribution in [0.3, 0.4) is 0 Å². The predicted octanol–water partition coefficient (Wildman–Crippen LogP) is 5.63. The zero-order chi connectivity index (χ0) is 57.7. The smallest absolute Gasteiger partial charge is 0.318 e. The molecule has 6 rings (SSSR count). The summed E-state index contributed by atoms with van der Waals surface area (Å²) in [5.74, 6) is 0.114. The Kier molecular flexibility index (Phi) is 30.1. The van der Waals surface area contributed by atoms with Crippen molar-refractivity contribution in [3.8, 4) is 0 Å². The number of ether oxygens (including phenoxy) is 4. The Labute approximate surface area is 512 Å². The molecule has 10 N–H and O–H groups in total. The number of unbranched alkanes of at least 4 members (excludes halogenated alkanes) is 1. The second kappa shape index (κ2) is 35.2. The van der Waals surface area contributed by atoms with Crippen molar-refractivity contribution in [2.24, 2.45) is 21.5 Å². The first-order valence-electron chi connectivity index (χ1n) is 25.8. The molecule has 82 heavy (non-hydrogen) atoms. The molecule has 0 saturated heterocycles. The summed E-state index contributed by atoms with van der Waals surface area (Å²) in [5, 5.41) is 13.1. The Morgan fingerprint density at radius 2 is 0.927 bits per heavy atom. The van der Waals surface area contributed by atoms with E-state index in [0.29, 0.717) is 85.3 Å². The van der Waals surface area contributed by atoms with Crippen molar-refractivity contribution in [1.82, 2.24) is 40.5 Å². The van der Waals surface area contributed by atoms with E-state index in [0.717, 1.165) is 33.4 Å². The highest BCUT2D eigenvalue weighted by molar-refractivity contribution is 7.89. The number of nitrogens with one attached hydrogen (secondary N) is 6. The van der Waals surface area contributed by atoms with Gasteiger partial charge in [0.05, 0.1) is 62.6 Å². The number of sulfonamides is 2. The first-order valence-corrected chi connectivity index (χ1v) is 30.3. The summed E-state index contributed by atoms with van der Waals surface area (Å²) in [6.45, 7) is 5.67. The van der Waals surface area contributed by atoms with Crippen molar-refractivity contribution in [1.29, 1.82) is 0 Å². The van der Waals surface area contributed by atoms with Gasteiger partial charge in [-0.3, -0.25) is 20.6 Å². The number of amides is 4. The van der Waals surface area contributed by atoms with E-state index >= 15 is 0 Å². The molecule has 2 heterocycles. The van der Waals surface area contributed by atoms with Crippen LogP contribution in [-0.4, -0.2) is 170 Å². The lowest BCUT2D eigenvalue weighted by Crippen LogP contribution is -2.45. The average molecular weight is 1300 g/mol. The molecule has 2 aliphatic heterocycles. The summed E-state index contributed by atoms with van der Waals surface area (Å²) in [4.78, 5) is 36.5. The number of carbonyl (C=O) groups is 2. The van der Waals surface area contributed by atoms with E-state index in [4.69, 9.17) is 76.8 Å². The molecular formula is C52H72Cl6N12O10S2. The molecule has 4 aromatic rings. The van der Waals surface area contributed by atoms with Crippen LogP contribution in [0.1, 0.15) is 58.1 Å². The van der Waals surface area contributed by atoms with Gasteiger partial charge in [-0.15, -0.1) is 24.8 Å². The second-order valence-corrected chi connectivity index (χ2v) is 24.0. The van der Waals surface area contributed by atoms with Gasteiger partial charge >= 0.3 is 12.1 Å². The standard InChI is InChI=1S/C52H70Cl4N12O10S2.2ClH/c1-67-31-43(41-27-37(53)29-47(55)45(41)33-67)35-7-5-9-39(25-35)79(71,72)63-15-19-77-23-21-75-17-13-61-51(65-49(57)69)59-11-3-4-12-60-52(66-50(58)70)62-14-18-76-22-24-78-20-16-64-80(73,74)40-10-6-8-36(26-40)44-32-68(2)34-46-42(44)28-38(54)30-48(46)56;;/h5-10,25-30,43-44,63-64H,3-4,11-24,31-34H2,1-2H3,(H4,57,59,61,65,69)(H4,58,60,62,66,70);2*1H/t43-,44-;;/m0../s1. The van der Waals surface area contributed by atoms with E-state index in [-0.39, 0.29) is 124 Å². The van der Waals surface area contributed by atoms with Crippen LogP contribution >= 0.6 is 71.2 Å². The third-order valence-electron chi connectivity index (χ3n) is 12.6. The molecule has 0 fully saturated rings. The molecular weight excluding hydrogens is 1230 g/mol. The molecule has 0 bridgehead atoms. The van der Waals surface area contributed by atoms with Crippen LogP contribution in [0.5, 0.6) is 0 Å². The molecule has 2 aliphatic rings. The van der Waals surface area contributed by atoms with Gasteiger partial charge in [-0.05, 0) is 109 Å². The van der Waals surface area contributed by atoms with Gasteiger partial charge in [0.1, 0.15) is 0 Å². The number of guanidine groups is 2. The third kappa shape index (κ3) is 22.6. The number of likely N-dealkylation sites (N-methyl/N-ethyl adjacent to an activating group) is 2.